The number of rotatable bonds is 5. The standard InChI is InChI=1S/C13H18N2O3/c1-4-9(5-2)12(16)15(3)11-7-6-10(8-14-11)13(17)18/h6-9H,4-5H2,1-3H3,(H,17,18). The van der Waals surface area contributed by atoms with Crippen LogP contribution in [0.5, 0.6) is 0 Å². The Labute approximate surface area is 106 Å². The number of anilines is 1. The van der Waals surface area contributed by atoms with Gasteiger partial charge < -0.3 is 5.11 Å². The minimum Gasteiger partial charge on any atom is -0.478 e. The highest BCUT2D eigenvalue weighted by molar-refractivity contribution is 5.94. The van der Waals surface area contributed by atoms with Gasteiger partial charge in [-0.25, -0.2) is 9.78 Å². The summed E-state index contributed by atoms with van der Waals surface area (Å²) in [6.07, 6.45) is 2.83. The van der Waals surface area contributed by atoms with Crippen molar-refractivity contribution in [3.8, 4) is 0 Å². The third-order valence-corrected chi connectivity index (χ3v) is 3.00. The molecule has 0 saturated carbocycles. The van der Waals surface area contributed by atoms with Crippen molar-refractivity contribution in [1.29, 1.82) is 0 Å². The summed E-state index contributed by atoms with van der Waals surface area (Å²) in [6, 6.07) is 2.99. The van der Waals surface area contributed by atoms with Gasteiger partial charge in [0.05, 0.1) is 5.56 Å². The molecule has 1 aromatic rings. The normalized spacial score (nSPS) is 10.4. The number of pyridine rings is 1. The van der Waals surface area contributed by atoms with E-state index in [1.54, 1.807) is 13.1 Å². The van der Waals surface area contributed by atoms with Crippen LogP contribution in [0.4, 0.5) is 5.82 Å². The summed E-state index contributed by atoms with van der Waals surface area (Å²) in [5.74, 6) is -0.563. The molecule has 0 aliphatic carbocycles. The van der Waals surface area contributed by atoms with Crippen LogP contribution in [-0.4, -0.2) is 29.0 Å². The lowest BCUT2D eigenvalue weighted by Crippen LogP contribution is -2.33. The molecule has 0 spiro atoms. The van der Waals surface area contributed by atoms with E-state index in [4.69, 9.17) is 5.11 Å². The summed E-state index contributed by atoms with van der Waals surface area (Å²) in [7, 11) is 1.66. The van der Waals surface area contributed by atoms with Crippen LogP contribution >= 0.6 is 0 Å². The number of aromatic carboxylic acids is 1. The van der Waals surface area contributed by atoms with Gasteiger partial charge in [0.1, 0.15) is 5.82 Å². The van der Waals surface area contributed by atoms with E-state index in [2.05, 4.69) is 4.98 Å². The fourth-order valence-electron chi connectivity index (χ4n) is 1.74. The molecule has 0 saturated heterocycles. The summed E-state index contributed by atoms with van der Waals surface area (Å²) in [4.78, 5) is 28.3. The Hall–Kier alpha value is -1.91. The Morgan fingerprint density at radius 3 is 2.33 bits per heavy atom. The van der Waals surface area contributed by atoms with E-state index < -0.39 is 5.97 Å². The molecule has 5 nitrogen and oxygen atoms in total. The number of carbonyl (C=O) groups is 2. The van der Waals surface area contributed by atoms with E-state index in [0.717, 1.165) is 12.8 Å². The van der Waals surface area contributed by atoms with Gasteiger partial charge in [-0.2, -0.15) is 0 Å². The molecule has 1 N–H and O–H groups in total. The van der Waals surface area contributed by atoms with Gasteiger partial charge in [0.2, 0.25) is 5.91 Å². The van der Waals surface area contributed by atoms with E-state index in [1.165, 1.54) is 17.2 Å². The molecule has 5 heteroatoms. The molecule has 18 heavy (non-hydrogen) atoms. The van der Waals surface area contributed by atoms with Crippen LogP contribution in [0.15, 0.2) is 18.3 Å². The summed E-state index contributed by atoms with van der Waals surface area (Å²) in [6.45, 7) is 3.95. The lowest BCUT2D eigenvalue weighted by molar-refractivity contribution is -0.122. The van der Waals surface area contributed by atoms with Gasteiger partial charge >= 0.3 is 5.97 Å². The van der Waals surface area contributed by atoms with Crippen molar-refractivity contribution in [2.45, 2.75) is 26.7 Å². The highest BCUT2D eigenvalue weighted by atomic mass is 16.4. The van der Waals surface area contributed by atoms with E-state index in [-0.39, 0.29) is 17.4 Å². The van der Waals surface area contributed by atoms with Crippen molar-refractivity contribution < 1.29 is 14.7 Å². The SMILES string of the molecule is CCC(CC)C(=O)N(C)c1ccc(C(=O)O)cn1. The molecule has 1 heterocycles. The first-order valence-electron chi connectivity index (χ1n) is 5.98. The topological polar surface area (TPSA) is 70.5 Å². The Morgan fingerprint density at radius 2 is 1.94 bits per heavy atom. The Balaban J connectivity index is 2.86. The summed E-state index contributed by atoms with van der Waals surface area (Å²) >= 11 is 0. The van der Waals surface area contributed by atoms with Crippen molar-refractivity contribution >= 4 is 17.7 Å². The zero-order valence-electron chi connectivity index (χ0n) is 10.9. The molecule has 1 aromatic heterocycles. The van der Waals surface area contributed by atoms with Crippen molar-refractivity contribution in [3.05, 3.63) is 23.9 Å². The molecule has 0 aromatic carbocycles. The molecule has 0 bridgehead atoms. The molecule has 0 aliphatic heterocycles. The molecule has 0 unspecified atom stereocenters. The Morgan fingerprint density at radius 1 is 1.33 bits per heavy atom. The van der Waals surface area contributed by atoms with Gasteiger partial charge in [0, 0.05) is 19.2 Å². The molecule has 0 radical (unpaired) electrons. The lowest BCUT2D eigenvalue weighted by Gasteiger charge is -2.21. The number of amides is 1. The molecule has 1 amide bonds. The van der Waals surface area contributed by atoms with Crippen LogP contribution in [0.2, 0.25) is 0 Å². The fourth-order valence-corrected chi connectivity index (χ4v) is 1.74. The fraction of sp³-hybridized carbons (Fsp3) is 0.462. The van der Waals surface area contributed by atoms with Crippen molar-refractivity contribution in [2.24, 2.45) is 5.92 Å². The van der Waals surface area contributed by atoms with Crippen molar-refractivity contribution in [2.75, 3.05) is 11.9 Å². The van der Waals surface area contributed by atoms with Crippen LogP contribution in [0.1, 0.15) is 37.0 Å². The van der Waals surface area contributed by atoms with Crippen molar-refractivity contribution in [1.82, 2.24) is 4.98 Å². The Kier molecular flexibility index (Phi) is 4.83. The molecule has 0 fully saturated rings. The average molecular weight is 250 g/mol. The molecule has 0 atom stereocenters. The van der Waals surface area contributed by atoms with Gasteiger partial charge in [-0.15, -0.1) is 0 Å². The zero-order valence-corrected chi connectivity index (χ0v) is 10.9. The summed E-state index contributed by atoms with van der Waals surface area (Å²) in [5.41, 5.74) is 0.113. The van der Waals surface area contributed by atoms with Crippen LogP contribution < -0.4 is 4.90 Å². The van der Waals surface area contributed by atoms with Gasteiger partial charge in [0.15, 0.2) is 0 Å². The Bertz CT molecular complexity index is 424. The minimum atomic E-state index is -1.02. The second-order valence-electron chi connectivity index (χ2n) is 4.12. The first-order chi connectivity index (χ1) is 8.51. The zero-order chi connectivity index (χ0) is 13.7. The van der Waals surface area contributed by atoms with E-state index >= 15 is 0 Å². The number of carbonyl (C=O) groups excluding carboxylic acids is 1. The number of nitrogens with zero attached hydrogens (tertiary/aromatic N) is 2. The first kappa shape index (κ1) is 14.2. The second-order valence-corrected chi connectivity index (χ2v) is 4.12. The number of carboxylic acids is 1. The van der Waals surface area contributed by atoms with Crippen molar-refractivity contribution in [3.63, 3.8) is 0 Å². The van der Waals surface area contributed by atoms with E-state index in [9.17, 15) is 9.59 Å². The van der Waals surface area contributed by atoms with E-state index in [0.29, 0.717) is 5.82 Å². The van der Waals surface area contributed by atoms with E-state index in [1.807, 2.05) is 13.8 Å². The highest BCUT2D eigenvalue weighted by Crippen LogP contribution is 2.16. The lowest BCUT2D eigenvalue weighted by atomic mass is 10.0. The second kappa shape index (κ2) is 6.14. The molecule has 0 aliphatic rings. The minimum absolute atomic E-state index is 0.00979. The summed E-state index contributed by atoms with van der Waals surface area (Å²) < 4.78 is 0. The third-order valence-electron chi connectivity index (χ3n) is 3.00. The maximum Gasteiger partial charge on any atom is 0.337 e. The molecule has 98 valence electrons. The van der Waals surface area contributed by atoms with Gasteiger partial charge in [-0.3, -0.25) is 9.69 Å². The predicted octanol–water partition coefficient (Wildman–Crippen LogP) is 2.18. The highest BCUT2D eigenvalue weighted by Gasteiger charge is 2.20. The third kappa shape index (κ3) is 3.06. The van der Waals surface area contributed by atoms with Gasteiger partial charge in [-0.1, -0.05) is 13.8 Å². The first-order valence-corrected chi connectivity index (χ1v) is 5.98. The quantitative estimate of drug-likeness (QED) is 0.869. The largest absolute Gasteiger partial charge is 0.478 e. The maximum absolute atomic E-state index is 12.1. The number of hydrogen-bond donors (Lipinski definition) is 1. The molecular formula is C13H18N2O3. The smallest absolute Gasteiger partial charge is 0.337 e. The number of hydrogen-bond acceptors (Lipinski definition) is 3. The molecule has 1 rings (SSSR count). The monoisotopic (exact) mass is 250 g/mol. The number of carboxylic acid groups (broad SMARTS) is 1. The average Bonchev–Trinajstić information content (AvgIpc) is 2.39. The summed E-state index contributed by atoms with van der Waals surface area (Å²) in [5, 5.41) is 8.77. The molecular weight excluding hydrogens is 232 g/mol. The predicted molar refractivity (Wildman–Crippen MR) is 68.7 cm³/mol. The van der Waals surface area contributed by atoms with Crippen LogP contribution in [0.3, 0.4) is 0 Å². The number of aromatic nitrogens is 1. The van der Waals surface area contributed by atoms with Gasteiger partial charge in [0.25, 0.3) is 0 Å². The van der Waals surface area contributed by atoms with Crippen LogP contribution in [0.25, 0.3) is 0 Å². The van der Waals surface area contributed by atoms with Crippen LogP contribution in [-0.2, 0) is 4.79 Å². The van der Waals surface area contributed by atoms with Gasteiger partial charge in [-0.05, 0) is 25.0 Å². The maximum atomic E-state index is 12.1. The van der Waals surface area contributed by atoms with Crippen LogP contribution in [0, 0.1) is 5.92 Å².